The van der Waals surface area contributed by atoms with Gasteiger partial charge in [0.2, 0.25) is 17.6 Å². The molecular weight excluding hydrogens is 618 g/mol. The highest BCUT2D eigenvalue weighted by Crippen LogP contribution is 2.24. The lowest BCUT2D eigenvalue weighted by molar-refractivity contribution is -0.141. The first kappa shape index (κ1) is 36.4. The van der Waals surface area contributed by atoms with E-state index in [1.54, 1.807) is 24.3 Å². The lowest BCUT2D eigenvalue weighted by Crippen LogP contribution is -2.52. The molecule has 0 aliphatic heterocycles. The first-order valence-electron chi connectivity index (χ1n) is 16.4. The lowest BCUT2D eigenvalue weighted by Gasteiger charge is -2.24. The molecule has 4 rings (SSSR count). The van der Waals surface area contributed by atoms with Gasteiger partial charge < -0.3 is 16.4 Å². The SMILES string of the molecule is CC(NC(=O)C(CC(=O)Cc1ccccc1)Cc1cccc2ccccc12)C(=O)C(=O)NC(Cc1ccccc1)C(=O)CC(C)(C)C(N)=O. The number of hydrogen-bond acceptors (Lipinski definition) is 6. The number of primary amides is 1. The summed E-state index contributed by atoms with van der Waals surface area (Å²) in [5.74, 6) is -4.62. The van der Waals surface area contributed by atoms with Gasteiger partial charge in [-0.25, -0.2) is 0 Å². The Labute approximate surface area is 286 Å². The van der Waals surface area contributed by atoms with E-state index in [1.165, 1.54) is 20.8 Å². The quantitative estimate of drug-likeness (QED) is 0.142. The number of nitrogens with one attached hydrogen (secondary N) is 2. The molecule has 4 aromatic carbocycles. The van der Waals surface area contributed by atoms with E-state index in [0.29, 0.717) is 0 Å². The molecule has 9 heteroatoms. The maximum absolute atomic E-state index is 13.8. The highest BCUT2D eigenvalue weighted by atomic mass is 16.2. The van der Waals surface area contributed by atoms with E-state index in [1.807, 2.05) is 78.9 Å². The van der Waals surface area contributed by atoms with Crippen LogP contribution in [-0.4, -0.2) is 47.2 Å². The molecule has 0 bridgehead atoms. The fourth-order valence-corrected chi connectivity index (χ4v) is 5.73. The molecule has 9 nitrogen and oxygen atoms in total. The average Bonchev–Trinajstić information content (AvgIpc) is 3.08. The Balaban J connectivity index is 1.50. The van der Waals surface area contributed by atoms with Gasteiger partial charge in [-0.05, 0) is 47.2 Å². The van der Waals surface area contributed by atoms with Crippen LogP contribution in [0.25, 0.3) is 10.8 Å². The number of ketones is 3. The first-order chi connectivity index (χ1) is 23.3. The predicted molar refractivity (Wildman–Crippen MR) is 188 cm³/mol. The molecule has 0 spiro atoms. The summed E-state index contributed by atoms with van der Waals surface area (Å²) in [5.41, 5.74) is 6.76. The van der Waals surface area contributed by atoms with E-state index >= 15 is 0 Å². The second kappa shape index (κ2) is 16.6. The average molecular weight is 662 g/mol. The molecule has 0 aliphatic rings. The van der Waals surface area contributed by atoms with Crippen molar-refractivity contribution < 1.29 is 28.8 Å². The zero-order chi connectivity index (χ0) is 35.6. The molecule has 0 aromatic heterocycles. The highest BCUT2D eigenvalue weighted by Gasteiger charge is 2.34. The van der Waals surface area contributed by atoms with Crippen molar-refractivity contribution in [3.8, 4) is 0 Å². The van der Waals surface area contributed by atoms with Crippen LogP contribution in [0.15, 0.2) is 103 Å². The van der Waals surface area contributed by atoms with Crippen LogP contribution >= 0.6 is 0 Å². The topological polar surface area (TPSA) is 152 Å². The Morgan fingerprint density at radius 1 is 0.714 bits per heavy atom. The smallest absolute Gasteiger partial charge is 0.290 e. The number of carbonyl (C=O) groups is 6. The molecule has 0 fully saturated rings. The summed E-state index contributed by atoms with van der Waals surface area (Å²) in [5, 5.41) is 7.14. The maximum atomic E-state index is 13.8. The number of Topliss-reactive ketones (excluding diaryl/α,β-unsaturated/α-hetero) is 3. The van der Waals surface area contributed by atoms with Crippen molar-refractivity contribution in [2.75, 3.05) is 0 Å². The second-order valence-electron chi connectivity index (χ2n) is 13.1. The molecule has 4 aromatic rings. The largest absolute Gasteiger partial charge is 0.369 e. The number of amides is 3. The minimum atomic E-state index is -1.25. The van der Waals surface area contributed by atoms with Gasteiger partial charge in [0.15, 0.2) is 5.78 Å². The fourth-order valence-electron chi connectivity index (χ4n) is 5.73. The van der Waals surface area contributed by atoms with Crippen LogP contribution in [0, 0.1) is 11.3 Å². The number of nitrogens with two attached hydrogens (primary N) is 1. The van der Waals surface area contributed by atoms with Crippen LogP contribution in [0.1, 0.15) is 50.3 Å². The van der Waals surface area contributed by atoms with Crippen LogP contribution in [0.4, 0.5) is 0 Å². The van der Waals surface area contributed by atoms with E-state index in [9.17, 15) is 28.8 Å². The molecule has 0 aliphatic carbocycles. The second-order valence-corrected chi connectivity index (χ2v) is 13.1. The van der Waals surface area contributed by atoms with Gasteiger partial charge in [-0.15, -0.1) is 0 Å². The van der Waals surface area contributed by atoms with Crippen molar-refractivity contribution >= 4 is 45.8 Å². The summed E-state index contributed by atoms with van der Waals surface area (Å²) in [4.78, 5) is 78.8. The third-order valence-corrected chi connectivity index (χ3v) is 8.67. The Kier molecular flexibility index (Phi) is 12.3. The minimum absolute atomic E-state index is 0.0691. The van der Waals surface area contributed by atoms with Gasteiger partial charge in [-0.3, -0.25) is 28.8 Å². The molecular formula is C40H43N3O6. The van der Waals surface area contributed by atoms with Gasteiger partial charge in [-0.1, -0.05) is 117 Å². The number of hydrogen-bond donors (Lipinski definition) is 3. The van der Waals surface area contributed by atoms with E-state index in [2.05, 4.69) is 10.6 Å². The van der Waals surface area contributed by atoms with E-state index in [-0.39, 0.29) is 37.9 Å². The highest BCUT2D eigenvalue weighted by molar-refractivity contribution is 6.38. The zero-order valence-electron chi connectivity index (χ0n) is 28.1. The van der Waals surface area contributed by atoms with Crippen LogP contribution < -0.4 is 16.4 Å². The van der Waals surface area contributed by atoms with Gasteiger partial charge in [0.05, 0.1) is 17.5 Å². The summed E-state index contributed by atoms with van der Waals surface area (Å²) < 4.78 is 0. The number of rotatable bonds is 17. The number of benzene rings is 4. The molecule has 0 saturated heterocycles. The molecule has 3 atom stereocenters. The molecule has 49 heavy (non-hydrogen) atoms. The molecule has 254 valence electrons. The van der Waals surface area contributed by atoms with Crippen molar-refractivity contribution in [2.24, 2.45) is 17.1 Å². The van der Waals surface area contributed by atoms with Crippen molar-refractivity contribution in [1.82, 2.24) is 10.6 Å². The summed E-state index contributed by atoms with van der Waals surface area (Å²) >= 11 is 0. The maximum Gasteiger partial charge on any atom is 0.290 e. The van der Waals surface area contributed by atoms with Crippen LogP contribution in [0.5, 0.6) is 0 Å². The molecule has 4 N–H and O–H groups in total. The normalized spacial score (nSPS) is 13.1. The molecule has 0 radical (unpaired) electrons. The third kappa shape index (κ3) is 10.3. The molecule has 3 amide bonds. The molecule has 3 unspecified atom stereocenters. The van der Waals surface area contributed by atoms with Crippen LogP contribution in [-0.2, 0) is 48.0 Å². The lowest BCUT2D eigenvalue weighted by atomic mass is 9.84. The monoisotopic (exact) mass is 661 g/mol. The van der Waals surface area contributed by atoms with Gasteiger partial charge in [0.1, 0.15) is 5.78 Å². The molecule has 0 saturated carbocycles. The van der Waals surface area contributed by atoms with Crippen LogP contribution in [0.2, 0.25) is 0 Å². The third-order valence-electron chi connectivity index (χ3n) is 8.67. The Morgan fingerprint density at radius 2 is 1.31 bits per heavy atom. The summed E-state index contributed by atoms with van der Waals surface area (Å²) in [6, 6.07) is 29.4. The Bertz CT molecular complexity index is 1810. The summed E-state index contributed by atoms with van der Waals surface area (Å²) in [6.07, 6.45) is 0.170. The standard InChI is InChI=1S/C40H43N3O6/c1-26(36(46)38(48)43-34(22-28-15-8-5-9-16-28)35(45)25-40(2,3)39(41)49)42-37(47)31(24-32(44)21-27-13-6-4-7-14-27)23-30-19-12-18-29-17-10-11-20-33(29)30/h4-20,26,31,34H,21-25H2,1-3H3,(H2,41,49)(H,42,47)(H,43,48). The van der Waals surface area contributed by atoms with E-state index in [0.717, 1.165) is 27.5 Å². The number of carbonyl (C=O) groups excluding carboxylic acids is 6. The first-order valence-corrected chi connectivity index (χ1v) is 16.4. The van der Waals surface area contributed by atoms with Crippen molar-refractivity contribution in [3.05, 3.63) is 120 Å². The van der Waals surface area contributed by atoms with Gasteiger partial charge in [-0.2, -0.15) is 0 Å². The van der Waals surface area contributed by atoms with E-state index < -0.39 is 52.7 Å². The van der Waals surface area contributed by atoms with Gasteiger partial charge >= 0.3 is 0 Å². The van der Waals surface area contributed by atoms with Crippen LogP contribution in [0.3, 0.4) is 0 Å². The van der Waals surface area contributed by atoms with Crippen molar-refractivity contribution in [3.63, 3.8) is 0 Å². The number of fused-ring (bicyclic) bond motifs is 1. The Hall–Kier alpha value is -5.44. The Morgan fingerprint density at radius 3 is 1.96 bits per heavy atom. The predicted octanol–water partition coefficient (Wildman–Crippen LogP) is 4.47. The van der Waals surface area contributed by atoms with E-state index in [4.69, 9.17) is 5.73 Å². The zero-order valence-corrected chi connectivity index (χ0v) is 28.1. The summed E-state index contributed by atoms with van der Waals surface area (Å²) in [6.45, 7) is 4.47. The van der Waals surface area contributed by atoms with Gasteiger partial charge in [0.25, 0.3) is 5.91 Å². The molecule has 0 heterocycles. The fraction of sp³-hybridized carbons (Fsp3) is 0.300. The van der Waals surface area contributed by atoms with Crippen molar-refractivity contribution in [1.29, 1.82) is 0 Å². The minimum Gasteiger partial charge on any atom is -0.369 e. The summed E-state index contributed by atoms with van der Waals surface area (Å²) in [7, 11) is 0. The van der Waals surface area contributed by atoms with Crippen molar-refractivity contribution in [2.45, 2.75) is 65.0 Å². The van der Waals surface area contributed by atoms with Gasteiger partial charge in [0, 0.05) is 25.2 Å².